The van der Waals surface area contributed by atoms with Crippen molar-refractivity contribution in [3.05, 3.63) is 98.7 Å². The molecule has 2 aromatic heterocycles. The molecular weight excluding hydrogens is 468 g/mol. The minimum Gasteiger partial charge on any atom is -0.309 e. The topological polar surface area (TPSA) is 66.4 Å². The fourth-order valence-electron chi connectivity index (χ4n) is 5.14. The van der Waals surface area contributed by atoms with Gasteiger partial charge in [0, 0.05) is 41.7 Å². The number of benzene rings is 1. The Morgan fingerprint density at radius 3 is 2.76 bits per heavy atom. The van der Waals surface area contributed by atoms with Crippen LogP contribution in [0.2, 0.25) is 5.02 Å². The highest BCUT2D eigenvalue weighted by molar-refractivity contribution is 7.11. The van der Waals surface area contributed by atoms with E-state index in [1.807, 2.05) is 17.5 Å². The summed E-state index contributed by atoms with van der Waals surface area (Å²) in [5, 5.41) is 3.25. The second kappa shape index (κ2) is 8.18. The molecule has 1 aliphatic carbocycles. The summed E-state index contributed by atoms with van der Waals surface area (Å²) in [7, 11) is 0. The van der Waals surface area contributed by atoms with Gasteiger partial charge in [0.15, 0.2) is 0 Å². The number of fused-ring (bicyclic) bond motifs is 2. The monoisotopic (exact) mass is 488 g/mol. The second-order valence-electron chi connectivity index (χ2n) is 8.59. The van der Waals surface area contributed by atoms with Gasteiger partial charge in [-0.15, -0.1) is 11.3 Å². The molecule has 2 aliphatic heterocycles. The molecule has 1 unspecified atom stereocenters. The average molecular weight is 489 g/mol. The Morgan fingerprint density at radius 2 is 1.97 bits per heavy atom. The molecule has 6 rings (SSSR count). The smallest absolute Gasteiger partial charge is 0.275 e. The second-order valence-corrected chi connectivity index (χ2v) is 9.88. The van der Waals surface area contributed by atoms with Crippen molar-refractivity contribution >= 4 is 40.3 Å². The Balaban J connectivity index is 1.45. The van der Waals surface area contributed by atoms with E-state index in [1.54, 1.807) is 40.3 Å². The number of allylic oxidation sites excluding steroid dienone is 4. The highest BCUT2D eigenvalue weighted by Crippen LogP contribution is 2.45. The first kappa shape index (κ1) is 21.3. The van der Waals surface area contributed by atoms with Crippen molar-refractivity contribution in [2.24, 2.45) is 0 Å². The van der Waals surface area contributed by atoms with Gasteiger partial charge >= 0.3 is 0 Å². The van der Waals surface area contributed by atoms with Crippen LogP contribution >= 0.6 is 22.9 Å². The Hall–Kier alpha value is -3.29. The number of aromatic nitrogens is 2. The first-order valence-corrected chi connectivity index (χ1v) is 12.5. The summed E-state index contributed by atoms with van der Waals surface area (Å²) in [5.74, 6) is -0.302. The van der Waals surface area contributed by atoms with E-state index in [2.05, 4.69) is 28.2 Å². The van der Waals surface area contributed by atoms with Crippen LogP contribution in [0.25, 0.3) is 5.57 Å². The molecule has 170 valence electrons. The molecule has 1 fully saturated rings. The van der Waals surface area contributed by atoms with Crippen molar-refractivity contribution in [1.29, 1.82) is 0 Å². The van der Waals surface area contributed by atoms with Crippen molar-refractivity contribution in [1.82, 2.24) is 19.8 Å². The third-order valence-corrected chi connectivity index (χ3v) is 7.88. The predicted octanol–water partition coefficient (Wildman–Crippen LogP) is 4.93. The molecular formula is C26H21ClN4O2S. The third kappa shape index (κ3) is 3.22. The van der Waals surface area contributed by atoms with Gasteiger partial charge in [-0.05, 0) is 42.7 Å². The summed E-state index contributed by atoms with van der Waals surface area (Å²) in [4.78, 5) is 40.2. The van der Waals surface area contributed by atoms with Crippen molar-refractivity contribution in [3.63, 3.8) is 0 Å². The van der Waals surface area contributed by atoms with E-state index in [-0.39, 0.29) is 11.8 Å². The summed E-state index contributed by atoms with van der Waals surface area (Å²) in [6, 6.07) is 11.0. The molecule has 8 heteroatoms. The van der Waals surface area contributed by atoms with Gasteiger partial charge in [-0.1, -0.05) is 42.0 Å². The Morgan fingerprint density at radius 1 is 1.12 bits per heavy atom. The standard InChI is InChI=1S/C26H21ClN4O2S/c27-19-10-8-18(9-11-19)26-15-21-20(7-4-12-28-21)24(32)30(26)13-14-31(26)25(33)22-16-34-23(29-22)17-5-2-1-3-6-17/h2,4-12,16H,1,3,13-15H2. The molecule has 2 amide bonds. The van der Waals surface area contributed by atoms with Crippen LogP contribution in [0.3, 0.4) is 0 Å². The molecule has 34 heavy (non-hydrogen) atoms. The van der Waals surface area contributed by atoms with E-state index in [9.17, 15) is 9.59 Å². The number of amides is 2. The van der Waals surface area contributed by atoms with Gasteiger partial charge in [0.2, 0.25) is 0 Å². The molecule has 0 spiro atoms. The van der Waals surface area contributed by atoms with Gasteiger partial charge in [0.25, 0.3) is 11.8 Å². The lowest BCUT2D eigenvalue weighted by Crippen LogP contribution is -2.58. The zero-order chi connectivity index (χ0) is 23.3. The Kier molecular flexibility index (Phi) is 5.12. The number of halogens is 1. The van der Waals surface area contributed by atoms with E-state index < -0.39 is 5.66 Å². The summed E-state index contributed by atoms with van der Waals surface area (Å²) in [6.07, 6.45) is 10.4. The first-order valence-electron chi connectivity index (χ1n) is 11.2. The number of thiazole rings is 1. The normalized spacial score (nSPS) is 21.3. The van der Waals surface area contributed by atoms with Crippen molar-refractivity contribution < 1.29 is 9.59 Å². The fraction of sp³-hybridized carbons (Fsp3) is 0.231. The van der Waals surface area contributed by atoms with Gasteiger partial charge in [-0.2, -0.15) is 0 Å². The lowest BCUT2D eigenvalue weighted by molar-refractivity contribution is 0.00678. The van der Waals surface area contributed by atoms with E-state index in [4.69, 9.17) is 11.6 Å². The SMILES string of the molecule is O=C(c1csc(C2=CCCC=C2)n1)N1CCN2C(=O)c3cccnc3CC12c1ccc(Cl)cc1. The zero-order valence-electron chi connectivity index (χ0n) is 18.3. The maximum Gasteiger partial charge on any atom is 0.275 e. The molecule has 1 aromatic carbocycles. The van der Waals surface area contributed by atoms with Gasteiger partial charge in [-0.25, -0.2) is 4.98 Å². The number of nitrogens with zero attached hydrogens (tertiary/aromatic N) is 4. The fourth-order valence-corrected chi connectivity index (χ4v) is 6.08. The van der Waals surface area contributed by atoms with Crippen molar-refractivity contribution in [2.45, 2.75) is 24.9 Å². The number of hydrogen-bond donors (Lipinski definition) is 0. The summed E-state index contributed by atoms with van der Waals surface area (Å²) in [5.41, 5.74) is 2.59. The van der Waals surface area contributed by atoms with Crippen LogP contribution < -0.4 is 0 Å². The molecule has 6 nitrogen and oxygen atoms in total. The first-order chi connectivity index (χ1) is 16.6. The number of carbonyl (C=O) groups excluding carboxylic acids is 2. The van der Waals surface area contributed by atoms with Gasteiger partial charge in [0.1, 0.15) is 16.4 Å². The minimum absolute atomic E-state index is 0.115. The Bertz CT molecular complexity index is 1360. The number of pyridine rings is 1. The maximum absolute atomic E-state index is 13.9. The Labute approximate surface area is 206 Å². The number of rotatable bonds is 3. The summed E-state index contributed by atoms with van der Waals surface area (Å²) in [6.45, 7) is 0.850. The van der Waals surface area contributed by atoms with E-state index in [0.29, 0.717) is 41.5 Å². The molecule has 0 N–H and O–H groups in total. The number of hydrogen-bond acceptors (Lipinski definition) is 5. The van der Waals surface area contributed by atoms with Crippen LogP contribution in [0, 0.1) is 0 Å². The van der Waals surface area contributed by atoms with Crippen LogP contribution in [0.15, 0.2) is 66.2 Å². The zero-order valence-corrected chi connectivity index (χ0v) is 19.9. The lowest BCUT2D eigenvalue weighted by atomic mass is 9.86. The average Bonchev–Trinajstić information content (AvgIpc) is 3.51. The van der Waals surface area contributed by atoms with E-state index in [1.165, 1.54) is 11.3 Å². The van der Waals surface area contributed by atoms with Crippen LogP contribution in [0.5, 0.6) is 0 Å². The highest BCUT2D eigenvalue weighted by Gasteiger charge is 2.56. The van der Waals surface area contributed by atoms with Crippen LogP contribution in [-0.4, -0.2) is 44.7 Å². The summed E-state index contributed by atoms with van der Waals surface area (Å²) >= 11 is 7.65. The quantitative estimate of drug-likeness (QED) is 0.524. The maximum atomic E-state index is 13.9. The van der Waals surface area contributed by atoms with E-state index in [0.717, 1.165) is 29.0 Å². The van der Waals surface area contributed by atoms with Crippen molar-refractivity contribution in [3.8, 4) is 0 Å². The molecule has 0 bridgehead atoms. The van der Waals surface area contributed by atoms with Gasteiger partial charge in [-0.3, -0.25) is 14.6 Å². The lowest BCUT2D eigenvalue weighted by Gasteiger charge is -2.46. The molecule has 0 saturated carbocycles. The van der Waals surface area contributed by atoms with Crippen LogP contribution in [0.4, 0.5) is 0 Å². The van der Waals surface area contributed by atoms with Crippen LogP contribution in [0.1, 0.15) is 50.0 Å². The molecule has 3 aliphatic rings. The van der Waals surface area contributed by atoms with Gasteiger partial charge in [0.05, 0.1) is 11.3 Å². The van der Waals surface area contributed by atoms with Crippen molar-refractivity contribution in [2.75, 3.05) is 13.1 Å². The molecule has 4 heterocycles. The van der Waals surface area contributed by atoms with Gasteiger partial charge < -0.3 is 9.80 Å². The van der Waals surface area contributed by atoms with Crippen LogP contribution in [-0.2, 0) is 12.1 Å². The number of carbonyl (C=O) groups is 2. The minimum atomic E-state index is -0.978. The van der Waals surface area contributed by atoms with E-state index >= 15 is 0 Å². The highest BCUT2D eigenvalue weighted by atomic mass is 35.5. The largest absolute Gasteiger partial charge is 0.309 e. The predicted molar refractivity (Wildman–Crippen MR) is 132 cm³/mol. The molecule has 1 saturated heterocycles. The molecule has 1 atom stereocenters. The summed E-state index contributed by atoms with van der Waals surface area (Å²) < 4.78 is 0. The third-order valence-electron chi connectivity index (χ3n) is 6.74. The molecule has 0 radical (unpaired) electrons. The molecule has 3 aromatic rings.